The largest absolute Gasteiger partial charge is 0.388 e. The van der Waals surface area contributed by atoms with Gasteiger partial charge in [-0.05, 0) is 12.1 Å². The molecule has 0 bridgehead atoms. The number of para-hydroxylation sites is 1. The maximum absolute atomic E-state index is 3.60. The van der Waals surface area contributed by atoms with Crippen LogP contribution in [0.15, 0.2) is 30.3 Å². The van der Waals surface area contributed by atoms with Crippen LogP contribution >= 0.6 is 0 Å². The lowest BCUT2D eigenvalue weighted by Crippen LogP contribution is -2.40. The summed E-state index contributed by atoms with van der Waals surface area (Å²) < 4.78 is 0. The fraction of sp³-hybridized carbons (Fsp3) is 0.538. The van der Waals surface area contributed by atoms with Crippen LogP contribution in [0.2, 0.25) is 18.1 Å². The van der Waals surface area contributed by atoms with E-state index in [1.54, 1.807) is 0 Å². The topological polar surface area (TPSA) is 12.0 Å². The first-order chi connectivity index (χ1) is 7.26. The standard InChI is InChI=1S/C13H23NSi/c1-4-15(5-2,6-3)12-14-13-10-8-7-9-11-13/h7-11,14H,4-6,12H2,1-3H3. The number of benzene rings is 1. The molecule has 0 saturated heterocycles. The molecule has 1 rings (SSSR count). The molecule has 0 heterocycles. The average Bonchev–Trinajstić information content (AvgIpc) is 2.33. The van der Waals surface area contributed by atoms with Crippen molar-refractivity contribution in [2.45, 2.75) is 38.9 Å². The van der Waals surface area contributed by atoms with Crippen molar-refractivity contribution in [3.05, 3.63) is 30.3 Å². The van der Waals surface area contributed by atoms with Gasteiger partial charge >= 0.3 is 0 Å². The van der Waals surface area contributed by atoms with Crippen molar-refractivity contribution in [2.75, 3.05) is 11.5 Å². The number of anilines is 1. The first kappa shape index (κ1) is 12.3. The molecule has 0 saturated carbocycles. The van der Waals surface area contributed by atoms with Gasteiger partial charge in [0, 0.05) is 11.9 Å². The first-order valence-corrected chi connectivity index (χ1v) is 8.88. The Morgan fingerprint density at radius 2 is 1.47 bits per heavy atom. The van der Waals surface area contributed by atoms with Gasteiger partial charge in [0.25, 0.3) is 0 Å². The minimum absolute atomic E-state index is 1.01. The zero-order valence-electron chi connectivity index (χ0n) is 10.2. The molecule has 15 heavy (non-hydrogen) atoms. The third kappa shape index (κ3) is 3.38. The average molecular weight is 221 g/mol. The van der Waals surface area contributed by atoms with Crippen LogP contribution in [0.4, 0.5) is 5.69 Å². The second-order valence-corrected chi connectivity index (χ2v) is 9.76. The molecule has 0 spiro atoms. The maximum atomic E-state index is 3.60. The minimum atomic E-state index is -1.01. The molecular formula is C13H23NSi. The Morgan fingerprint density at radius 3 is 1.93 bits per heavy atom. The van der Waals surface area contributed by atoms with Crippen LogP contribution in [0.1, 0.15) is 20.8 Å². The van der Waals surface area contributed by atoms with E-state index >= 15 is 0 Å². The van der Waals surface area contributed by atoms with Gasteiger partial charge in [-0.15, -0.1) is 0 Å². The minimum Gasteiger partial charge on any atom is -0.388 e. The Hall–Kier alpha value is -0.763. The summed E-state index contributed by atoms with van der Waals surface area (Å²) >= 11 is 0. The second-order valence-electron chi connectivity index (χ2n) is 4.28. The van der Waals surface area contributed by atoms with Gasteiger partial charge in [0.05, 0.1) is 8.07 Å². The molecule has 2 heteroatoms. The molecule has 0 radical (unpaired) electrons. The molecule has 0 aliphatic carbocycles. The lowest BCUT2D eigenvalue weighted by atomic mass is 10.3. The van der Waals surface area contributed by atoms with Crippen molar-refractivity contribution in [2.24, 2.45) is 0 Å². The predicted molar refractivity (Wildman–Crippen MR) is 72.1 cm³/mol. The number of rotatable bonds is 6. The van der Waals surface area contributed by atoms with Crippen LogP contribution in [0.5, 0.6) is 0 Å². The Balaban J connectivity index is 2.54. The van der Waals surface area contributed by atoms with Gasteiger partial charge in [0.2, 0.25) is 0 Å². The Labute approximate surface area is 94.9 Å². The third-order valence-electron chi connectivity index (χ3n) is 3.69. The first-order valence-electron chi connectivity index (χ1n) is 6.05. The molecule has 0 amide bonds. The monoisotopic (exact) mass is 221 g/mol. The summed E-state index contributed by atoms with van der Waals surface area (Å²) in [4.78, 5) is 0. The van der Waals surface area contributed by atoms with E-state index in [0.717, 1.165) is 0 Å². The molecule has 0 aromatic heterocycles. The van der Waals surface area contributed by atoms with E-state index in [2.05, 4.69) is 56.4 Å². The molecule has 1 nitrogen and oxygen atoms in total. The second kappa shape index (κ2) is 5.96. The van der Waals surface area contributed by atoms with Crippen molar-refractivity contribution in [1.82, 2.24) is 0 Å². The molecule has 84 valence electrons. The van der Waals surface area contributed by atoms with Gasteiger partial charge in [-0.25, -0.2) is 0 Å². The molecule has 0 atom stereocenters. The Bertz CT molecular complexity index is 259. The predicted octanol–water partition coefficient (Wildman–Crippen LogP) is 4.15. The van der Waals surface area contributed by atoms with E-state index in [9.17, 15) is 0 Å². The quantitative estimate of drug-likeness (QED) is 0.712. The highest BCUT2D eigenvalue weighted by atomic mass is 28.3. The van der Waals surface area contributed by atoms with Gasteiger partial charge in [-0.1, -0.05) is 57.1 Å². The summed E-state index contributed by atoms with van der Waals surface area (Å²) in [6.45, 7) is 7.06. The summed E-state index contributed by atoms with van der Waals surface area (Å²) in [6.07, 6.45) is 1.22. The summed E-state index contributed by atoms with van der Waals surface area (Å²) in [5.74, 6) is 0. The van der Waals surface area contributed by atoms with Crippen LogP contribution in [0, 0.1) is 0 Å². The van der Waals surface area contributed by atoms with Gasteiger partial charge in [0.15, 0.2) is 0 Å². The zero-order chi connectivity index (χ0) is 11.1. The highest BCUT2D eigenvalue weighted by Gasteiger charge is 2.25. The fourth-order valence-electron chi connectivity index (χ4n) is 1.97. The lowest BCUT2D eigenvalue weighted by Gasteiger charge is -2.28. The summed E-state index contributed by atoms with van der Waals surface area (Å²) in [5, 5.41) is 3.60. The molecule has 0 aliphatic heterocycles. The van der Waals surface area contributed by atoms with Crippen molar-refractivity contribution < 1.29 is 0 Å². The zero-order valence-corrected chi connectivity index (χ0v) is 11.2. The summed E-state index contributed by atoms with van der Waals surface area (Å²) in [5.41, 5.74) is 1.27. The molecule has 1 N–H and O–H groups in total. The maximum Gasteiger partial charge on any atom is 0.0745 e. The molecule has 0 unspecified atom stereocenters. The summed E-state index contributed by atoms with van der Waals surface area (Å²) in [6, 6.07) is 14.7. The molecule has 0 aliphatic rings. The Morgan fingerprint density at radius 1 is 0.933 bits per heavy atom. The highest BCUT2D eigenvalue weighted by Crippen LogP contribution is 2.20. The van der Waals surface area contributed by atoms with Crippen LogP contribution in [-0.4, -0.2) is 14.2 Å². The number of hydrogen-bond acceptors (Lipinski definition) is 1. The molecule has 1 aromatic rings. The Kier molecular flexibility index (Phi) is 4.89. The molecule has 1 aromatic carbocycles. The van der Waals surface area contributed by atoms with Gasteiger partial charge in [-0.3, -0.25) is 0 Å². The van der Waals surface area contributed by atoms with E-state index in [-0.39, 0.29) is 0 Å². The lowest BCUT2D eigenvalue weighted by molar-refractivity contribution is 1.12. The van der Waals surface area contributed by atoms with Crippen LogP contribution in [0.25, 0.3) is 0 Å². The van der Waals surface area contributed by atoms with Crippen LogP contribution in [0.3, 0.4) is 0 Å². The van der Waals surface area contributed by atoms with Gasteiger partial charge in [0.1, 0.15) is 0 Å². The van der Waals surface area contributed by atoms with Crippen molar-refractivity contribution in [3.8, 4) is 0 Å². The van der Waals surface area contributed by atoms with Crippen molar-refractivity contribution >= 4 is 13.8 Å². The highest BCUT2D eigenvalue weighted by molar-refractivity contribution is 6.80. The fourth-order valence-corrected chi connectivity index (χ4v) is 4.80. The van der Waals surface area contributed by atoms with Gasteiger partial charge < -0.3 is 5.32 Å². The van der Waals surface area contributed by atoms with E-state index in [1.807, 2.05) is 0 Å². The SMILES string of the molecule is CC[Si](CC)(CC)CNc1ccccc1. The molecule has 0 fully saturated rings. The number of hydrogen-bond donors (Lipinski definition) is 1. The van der Waals surface area contributed by atoms with E-state index in [4.69, 9.17) is 0 Å². The summed E-state index contributed by atoms with van der Waals surface area (Å²) in [7, 11) is -1.01. The number of nitrogens with one attached hydrogen (secondary N) is 1. The normalized spacial score (nSPS) is 11.4. The van der Waals surface area contributed by atoms with E-state index in [0.29, 0.717) is 0 Å². The van der Waals surface area contributed by atoms with E-state index in [1.165, 1.54) is 30.0 Å². The smallest absolute Gasteiger partial charge is 0.0745 e. The van der Waals surface area contributed by atoms with Crippen LogP contribution in [-0.2, 0) is 0 Å². The van der Waals surface area contributed by atoms with E-state index < -0.39 is 8.07 Å². The van der Waals surface area contributed by atoms with Gasteiger partial charge in [-0.2, -0.15) is 0 Å². The van der Waals surface area contributed by atoms with Crippen molar-refractivity contribution in [3.63, 3.8) is 0 Å². The van der Waals surface area contributed by atoms with Crippen LogP contribution < -0.4 is 5.32 Å². The van der Waals surface area contributed by atoms with Crippen molar-refractivity contribution in [1.29, 1.82) is 0 Å². The molecular weight excluding hydrogens is 198 g/mol. The third-order valence-corrected chi connectivity index (χ3v) is 9.12.